The number of nitrogens with one attached hydrogen (secondary N) is 1. The fourth-order valence-corrected chi connectivity index (χ4v) is 5.32. The molecule has 0 aliphatic heterocycles. The number of aromatic nitrogens is 2. The zero-order chi connectivity index (χ0) is 22.7. The van der Waals surface area contributed by atoms with Crippen LogP contribution in [0.25, 0.3) is 21.7 Å². The molecule has 6 heteroatoms. The average molecular weight is 448 g/mol. The van der Waals surface area contributed by atoms with Crippen molar-refractivity contribution in [2.24, 2.45) is 0 Å². The van der Waals surface area contributed by atoms with Crippen LogP contribution in [0, 0.1) is 0 Å². The lowest BCUT2D eigenvalue weighted by Crippen LogP contribution is -2.24. The molecule has 1 unspecified atom stereocenters. The Morgan fingerprint density at radius 2 is 1.72 bits per heavy atom. The topological polar surface area (TPSA) is 66.1 Å². The molecule has 2 aromatic heterocycles. The lowest BCUT2D eigenvalue weighted by atomic mass is 10.1. The minimum absolute atomic E-state index is 0.0532. The number of hydrogen-bond acceptors (Lipinski definition) is 4. The van der Waals surface area contributed by atoms with Crippen molar-refractivity contribution < 1.29 is 4.21 Å². The summed E-state index contributed by atoms with van der Waals surface area (Å²) in [6.45, 7) is 6.70. The molecule has 32 heavy (non-hydrogen) atoms. The van der Waals surface area contributed by atoms with Crippen LogP contribution < -0.4 is 10.5 Å². The second-order valence-electron chi connectivity index (χ2n) is 8.08. The lowest BCUT2D eigenvalue weighted by molar-refractivity contribution is 0.686. The van der Waals surface area contributed by atoms with Crippen molar-refractivity contribution in [3.8, 4) is 0 Å². The Balaban J connectivity index is 0.000000166. The van der Waals surface area contributed by atoms with Crippen molar-refractivity contribution in [2.75, 3.05) is 24.2 Å². The van der Waals surface area contributed by atoms with E-state index in [0.29, 0.717) is 0 Å². The van der Waals surface area contributed by atoms with Gasteiger partial charge in [-0.25, -0.2) is 0 Å². The molecule has 0 bridgehead atoms. The number of benzene rings is 2. The summed E-state index contributed by atoms with van der Waals surface area (Å²) in [5, 5.41) is 2.82. The van der Waals surface area contributed by atoms with Gasteiger partial charge >= 0.3 is 0 Å². The molecule has 2 heterocycles. The summed E-state index contributed by atoms with van der Waals surface area (Å²) >= 11 is 0. The third-order valence-corrected chi connectivity index (χ3v) is 6.86. The highest BCUT2D eigenvalue weighted by Crippen LogP contribution is 2.38. The number of hydrogen-bond donors (Lipinski definition) is 1. The van der Waals surface area contributed by atoms with E-state index in [1.165, 1.54) is 18.5 Å². The molecule has 1 aliphatic carbocycles. The second-order valence-corrected chi connectivity index (χ2v) is 9.43. The van der Waals surface area contributed by atoms with Gasteiger partial charge in [0.15, 0.2) is 0 Å². The number of rotatable bonds is 6. The van der Waals surface area contributed by atoms with Crippen LogP contribution in [-0.2, 0) is 17.2 Å². The van der Waals surface area contributed by atoms with Crippen molar-refractivity contribution in [2.45, 2.75) is 38.0 Å². The van der Waals surface area contributed by atoms with E-state index in [9.17, 15) is 9.00 Å². The molecule has 1 N–H and O–H groups in total. The van der Waals surface area contributed by atoms with Gasteiger partial charge in [0.25, 0.3) is 5.56 Å². The monoisotopic (exact) mass is 447 g/mol. The number of H-pyrrole nitrogens is 1. The molecule has 1 atom stereocenters. The Bertz CT molecular complexity index is 1330. The summed E-state index contributed by atoms with van der Waals surface area (Å²) < 4.78 is 11.9. The molecule has 166 valence electrons. The minimum Gasteiger partial charge on any atom is -0.371 e. The Morgan fingerprint density at radius 1 is 1.00 bits per heavy atom. The molecule has 5 rings (SSSR count). The summed E-state index contributed by atoms with van der Waals surface area (Å²) in [6.07, 6.45) is 8.56. The van der Waals surface area contributed by atoms with Crippen LogP contribution in [0.2, 0.25) is 0 Å². The van der Waals surface area contributed by atoms with Gasteiger partial charge in [-0.3, -0.25) is 14.0 Å². The van der Waals surface area contributed by atoms with Crippen LogP contribution >= 0.6 is 0 Å². The highest BCUT2D eigenvalue weighted by Gasteiger charge is 2.22. The normalized spacial score (nSPS) is 12.7. The number of nitrogens with zero attached hydrogens (tertiary/aromatic N) is 2. The fourth-order valence-electron chi connectivity index (χ4n) is 4.54. The molecular weight excluding hydrogens is 418 g/mol. The van der Waals surface area contributed by atoms with Crippen molar-refractivity contribution in [1.29, 1.82) is 0 Å². The molecule has 0 saturated carbocycles. The quantitative estimate of drug-likeness (QED) is 0.371. The first-order valence-corrected chi connectivity index (χ1v) is 12.7. The molecule has 0 amide bonds. The first-order valence-electron chi connectivity index (χ1n) is 11.1. The Labute approximate surface area is 191 Å². The molecule has 1 aliphatic rings. The maximum atomic E-state index is 12.1. The van der Waals surface area contributed by atoms with Gasteiger partial charge in [-0.1, -0.05) is 26.0 Å². The van der Waals surface area contributed by atoms with Gasteiger partial charge in [-0.05, 0) is 60.7 Å². The molecule has 2 aromatic carbocycles. The molecule has 0 fully saturated rings. The summed E-state index contributed by atoms with van der Waals surface area (Å²) in [4.78, 5) is 22.3. The van der Waals surface area contributed by atoms with E-state index >= 15 is 0 Å². The molecule has 0 radical (unpaired) electrons. The summed E-state index contributed by atoms with van der Waals surface area (Å²) in [5.74, 6) is 0. The predicted octanol–water partition coefficient (Wildman–Crippen LogP) is 5.03. The summed E-state index contributed by atoms with van der Waals surface area (Å²) in [6, 6.07) is 13.7. The Kier molecular flexibility index (Phi) is 6.70. The van der Waals surface area contributed by atoms with Crippen molar-refractivity contribution in [3.05, 3.63) is 76.3 Å². The van der Waals surface area contributed by atoms with Gasteiger partial charge in [-0.15, -0.1) is 0 Å². The Morgan fingerprint density at radius 3 is 2.38 bits per heavy atom. The van der Waals surface area contributed by atoms with Crippen LogP contribution in [0.3, 0.4) is 0 Å². The molecule has 0 spiro atoms. The first kappa shape index (κ1) is 22.2. The molecule has 4 aromatic rings. The fraction of sp³-hybridized carbons (Fsp3) is 0.308. The zero-order valence-corrected chi connectivity index (χ0v) is 19.7. The standard InChI is InChI=1S/C15H11NO2S.C11H18N2/c1-19(18)12-6-5-11-14-10(12)7-8-3-2-4-9(13(8)14)15(17)16-11;1-3-9-13(10-4-2)11-5-7-12-8-6-11/h2-6H,7H2,1H3,(H,16,17);5-8H,3-4,9-10H2,1-2H3. The zero-order valence-electron chi connectivity index (χ0n) is 18.9. The van der Waals surface area contributed by atoms with Crippen molar-refractivity contribution in [3.63, 3.8) is 0 Å². The maximum Gasteiger partial charge on any atom is 0.256 e. The van der Waals surface area contributed by atoms with Crippen LogP contribution in [-0.4, -0.2) is 33.5 Å². The van der Waals surface area contributed by atoms with E-state index < -0.39 is 10.8 Å². The minimum atomic E-state index is -1.01. The van der Waals surface area contributed by atoms with Crippen LogP contribution in [0.1, 0.15) is 37.8 Å². The van der Waals surface area contributed by atoms with E-state index in [0.717, 1.165) is 57.2 Å². The predicted molar refractivity (Wildman–Crippen MR) is 134 cm³/mol. The maximum absolute atomic E-state index is 12.1. The lowest BCUT2D eigenvalue weighted by Gasteiger charge is -2.23. The third kappa shape index (κ3) is 4.19. The van der Waals surface area contributed by atoms with Crippen molar-refractivity contribution in [1.82, 2.24) is 9.97 Å². The highest BCUT2D eigenvalue weighted by molar-refractivity contribution is 7.84. The summed E-state index contributed by atoms with van der Waals surface area (Å²) in [7, 11) is -1.01. The smallest absolute Gasteiger partial charge is 0.256 e. The van der Waals surface area contributed by atoms with E-state index in [1.54, 1.807) is 6.26 Å². The number of aromatic amines is 1. The van der Waals surface area contributed by atoms with E-state index in [2.05, 4.69) is 40.8 Å². The van der Waals surface area contributed by atoms with Crippen molar-refractivity contribution >= 4 is 38.2 Å². The van der Waals surface area contributed by atoms with Gasteiger partial charge in [0.05, 0.1) is 10.8 Å². The van der Waals surface area contributed by atoms with Gasteiger partial charge in [0, 0.05) is 64.0 Å². The SMILES string of the molecule is CCCN(CCC)c1ccncc1.CS(=O)c1ccc2[nH]c(=O)c3cccc4c3c2c1C4. The molecule has 5 nitrogen and oxygen atoms in total. The second kappa shape index (κ2) is 9.65. The van der Waals surface area contributed by atoms with E-state index in [1.807, 2.05) is 42.7 Å². The first-order chi connectivity index (χ1) is 15.5. The third-order valence-electron chi connectivity index (χ3n) is 5.86. The average Bonchev–Trinajstić information content (AvgIpc) is 3.19. The van der Waals surface area contributed by atoms with Gasteiger partial charge in [0.1, 0.15) is 0 Å². The van der Waals surface area contributed by atoms with E-state index in [4.69, 9.17) is 0 Å². The largest absolute Gasteiger partial charge is 0.371 e. The Hall–Kier alpha value is -2.99. The molecular formula is C26H29N3O2S. The number of pyridine rings is 2. The van der Waals surface area contributed by atoms with Crippen LogP contribution in [0.4, 0.5) is 5.69 Å². The van der Waals surface area contributed by atoms with Gasteiger partial charge in [-0.2, -0.15) is 0 Å². The summed E-state index contributed by atoms with van der Waals surface area (Å²) in [5.41, 5.74) is 4.33. The van der Waals surface area contributed by atoms with Crippen LogP contribution in [0.5, 0.6) is 0 Å². The molecule has 0 saturated heterocycles. The van der Waals surface area contributed by atoms with E-state index in [-0.39, 0.29) is 5.56 Å². The highest BCUT2D eigenvalue weighted by atomic mass is 32.2. The van der Waals surface area contributed by atoms with Gasteiger partial charge in [0.2, 0.25) is 0 Å². The van der Waals surface area contributed by atoms with Gasteiger partial charge < -0.3 is 9.88 Å². The van der Waals surface area contributed by atoms with Crippen LogP contribution in [0.15, 0.2) is 64.5 Å². The number of anilines is 1.